The first-order chi connectivity index (χ1) is 4.69. The molecule has 1 aliphatic carbocycles. The SMILES string of the molecule is C=CC1(S)C=CC=CC1S. The van der Waals surface area contributed by atoms with E-state index >= 15 is 0 Å². The van der Waals surface area contributed by atoms with Gasteiger partial charge in [-0.2, -0.15) is 25.3 Å². The zero-order chi connectivity index (χ0) is 7.61. The molecule has 0 aromatic rings. The van der Waals surface area contributed by atoms with Crippen LogP contribution in [-0.2, 0) is 0 Å². The Morgan fingerprint density at radius 1 is 1.50 bits per heavy atom. The third kappa shape index (κ3) is 1.32. The van der Waals surface area contributed by atoms with E-state index in [-0.39, 0.29) is 10.00 Å². The highest BCUT2D eigenvalue weighted by atomic mass is 32.1. The van der Waals surface area contributed by atoms with Crippen molar-refractivity contribution in [1.82, 2.24) is 0 Å². The minimum atomic E-state index is -0.266. The average molecular weight is 170 g/mol. The molecule has 1 aliphatic rings. The quantitative estimate of drug-likeness (QED) is 0.438. The van der Waals surface area contributed by atoms with E-state index in [9.17, 15) is 0 Å². The van der Waals surface area contributed by atoms with E-state index in [2.05, 4.69) is 31.8 Å². The van der Waals surface area contributed by atoms with Crippen LogP contribution in [0.5, 0.6) is 0 Å². The van der Waals surface area contributed by atoms with Crippen LogP contribution < -0.4 is 0 Å². The van der Waals surface area contributed by atoms with Gasteiger partial charge in [-0.15, -0.1) is 6.58 Å². The summed E-state index contributed by atoms with van der Waals surface area (Å²) in [6.45, 7) is 3.70. The lowest BCUT2D eigenvalue weighted by molar-refractivity contribution is 0.916. The van der Waals surface area contributed by atoms with Crippen molar-refractivity contribution < 1.29 is 0 Å². The molecule has 0 radical (unpaired) electrons. The lowest BCUT2D eigenvalue weighted by atomic mass is 9.99. The summed E-state index contributed by atoms with van der Waals surface area (Å²) >= 11 is 8.75. The van der Waals surface area contributed by atoms with Gasteiger partial charge in [-0.1, -0.05) is 30.4 Å². The Hall–Kier alpha value is -0.0800. The van der Waals surface area contributed by atoms with Crippen LogP contribution >= 0.6 is 25.3 Å². The van der Waals surface area contributed by atoms with E-state index in [1.165, 1.54) is 0 Å². The Morgan fingerprint density at radius 2 is 2.20 bits per heavy atom. The Kier molecular flexibility index (Phi) is 2.32. The van der Waals surface area contributed by atoms with Crippen LogP contribution in [0.4, 0.5) is 0 Å². The zero-order valence-electron chi connectivity index (χ0n) is 5.57. The molecule has 2 atom stereocenters. The van der Waals surface area contributed by atoms with Gasteiger partial charge in [-0.3, -0.25) is 0 Å². The second-order valence-electron chi connectivity index (χ2n) is 2.28. The minimum Gasteiger partial charge on any atom is -0.170 e. The lowest BCUT2D eigenvalue weighted by Crippen LogP contribution is -2.28. The molecule has 1 rings (SSSR count). The summed E-state index contributed by atoms with van der Waals surface area (Å²) in [5.74, 6) is 0. The molecule has 0 nitrogen and oxygen atoms in total. The molecule has 0 aliphatic heterocycles. The van der Waals surface area contributed by atoms with E-state index in [4.69, 9.17) is 0 Å². The molecule has 0 bridgehead atoms. The topological polar surface area (TPSA) is 0 Å². The highest BCUT2D eigenvalue weighted by Crippen LogP contribution is 2.30. The first-order valence-electron chi connectivity index (χ1n) is 3.09. The molecule has 0 aromatic carbocycles. The highest BCUT2D eigenvalue weighted by Gasteiger charge is 2.25. The van der Waals surface area contributed by atoms with Gasteiger partial charge in [-0.05, 0) is 0 Å². The summed E-state index contributed by atoms with van der Waals surface area (Å²) in [6.07, 6.45) is 9.71. The molecular weight excluding hydrogens is 160 g/mol. The van der Waals surface area contributed by atoms with Gasteiger partial charge in [0.2, 0.25) is 0 Å². The maximum atomic E-state index is 4.41. The van der Waals surface area contributed by atoms with E-state index in [1.54, 1.807) is 6.08 Å². The molecule has 0 aromatic heterocycles. The van der Waals surface area contributed by atoms with E-state index in [0.717, 1.165) is 0 Å². The predicted octanol–water partition coefficient (Wildman–Crippen LogP) is 2.27. The summed E-state index contributed by atoms with van der Waals surface area (Å²) in [7, 11) is 0. The van der Waals surface area contributed by atoms with Crippen LogP contribution in [0.3, 0.4) is 0 Å². The Bertz CT molecular complexity index is 193. The third-order valence-electron chi connectivity index (χ3n) is 1.57. The van der Waals surface area contributed by atoms with E-state index in [0.29, 0.717) is 0 Å². The predicted molar refractivity (Wildman–Crippen MR) is 53.0 cm³/mol. The molecule has 0 saturated heterocycles. The first-order valence-corrected chi connectivity index (χ1v) is 4.05. The fourth-order valence-corrected chi connectivity index (χ4v) is 1.28. The van der Waals surface area contributed by atoms with Gasteiger partial charge in [0.25, 0.3) is 0 Å². The molecule has 0 spiro atoms. The van der Waals surface area contributed by atoms with Gasteiger partial charge in [0.05, 0.1) is 4.75 Å². The maximum Gasteiger partial charge on any atom is 0.0640 e. The van der Waals surface area contributed by atoms with Crippen molar-refractivity contribution in [2.45, 2.75) is 10.00 Å². The largest absolute Gasteiger partial charge is 0.170 e. The second-order valence-corrected chi connectivity index (χ2v) is 3.61. The van der Waals surface area contributed by atoms with Gasteiger partial charge in [0.15, 0.2) is 0 Å². The number of hydrogen-bond donors (Lipinski definition) is 2. The number of rotatable bonds is 1. The zero-order valence-corrected chi connectivity index (χ0v) is 7.35. The Morgan fingerprint density at radius 3 is 2.60 bits per heavy atom. The Balaban J connectivity index is 2.87. The van der Waals surface area contributed by atoms with Gasteiger partial charge in [0.1, 0.15) is 0 Å². The van der Waals surface area contributed by atoms with Crippen LogP contribution in [0.2, 0.25) is 0 Å². The first kappa shape index (κ1) is 8.02. The van der Waals surface area contributed by atoms with Gasteiger partial charge in [-0.25, -0.2) is 0 Å². The smallest absolute Gasteiger partial charge is 0.0640 e. The van der Waals surface area contributed by atoms with Crippen LogP contribution in [0, 0.1) is 0 Å². The third-order valence-corrected chi connectivity index (χ3v) is 2.98. The van der Waals surface area contributed by atoms with E-state index in [1.807, 2.05) is 24.3 Å². The van der Waals surface area contributed by atoms with Crippen molar-refractivity contribution >= 4 is 25.3 Å². The monoisotopic (exact) mass is 170 g/mol. The maximum absolute atomic E-state index is 4.41. The number of thiol groups is 2. The normalized spacial score (nSPS) is 38.0. The molecule has 0 heterocycles. The van der Waals surface area contributed by atoms with E-state index < -0.39 is 0 Å². The summed E-state index contributed by atoms with van der Waals surface area (Å²) in [6, 6.07) is 0. The second kappa shape index (κ2) is 2.89. The fourth-order valence-electron chi connectivity index (χ4n) is 0.821. The van der Waals surface area contributed by atoms with Crippen molar-refractivity contribution in [3.8, 4) is 0 Å². The number of allylic oxidation sites excluding steroid dienone is 2. The summed E-state index contributed by atoms with van der Waals surface area (Å²) in [5, 5.41) is 0.137. The molecule has 2 unspecified atom stereocenters. The summed E-state index contributed by atoms with van der Waals surface area (Å²) in [4.78, 5) is 0. The molecule has 54 valence electrons. The van der Waals surface area contributed by atoms with Crippen LogP contribution in [-0.4, -0.2) is 10.00 Å². The molecule has 0 fully saturated rings. The molecular formula is C8H10S2. The average Bonchev–Trinajstić information content (AvgIpc) is 1.96. The summed E-state index contributed by atoms with van der Waals surface area (Å²) in [5.41, 5.74) is 0. The fraction of sp³-hybridized carbons (Fsp3) is 0.250. The molecule has 2 heteroatoms. The van der Waals surface area contributed by atoms with Gasteiger partial charge >= 0.3 is 0 Å². The molecule has 10 heavy (non-hydrogen) atoms. The van der Waals surface area contributed by atoms with Crippen LogP contribution in [0.15, 0.2) is 37.0 Å². The van der Waals surface area contributed by atoms with Crippen molar-refractivity contribution in [2.75, 3.05) is 0 Å². The van der Waals surface area contributed by atoms with Crippen LogP contribution in [0.1, 0.15) is 0 Å². The summed E-state index contributed by atoms with van der Waals surface area (Å²) < 4.78 is -0.266. The molecule has 0 N–H and O–H groups in total. The van der Waals surface area contributed by atoms with Crippen LogP contribution in [0.25, 0.3) is 0 Å². The van der Waals surface area contributed by atoms with Crippen molar-refractivity contribution in [2.24, 2.45) is 0 Å². The standard InChI is InChI=1S/C8H10S2/c1-2-8(10)6-4-3-5-7(8)9/h2-7,9-10H,1H2. The lowest BCUT2D eigenvalue weighted by Gasteiger charge is -2.27. The molecule has 0 amide bonds. The number of hydrogen-bond acceptors (Lipinski definition) is 2. The van der Waals surface area contributed by atoms with Gasteiger partial charge < -0.3 is 0 Å². The van der Waals surface area contributed by atoms with Crippen molar-refractivity contribution in [3.05, 3.63) is 37.0 Å². The Labute approximate surface area is 72.5 Å². The van der Waals surface area contributed by atoms with Gasteiger partial charge in [0, 0.05) is 5.25 Å². The highest BCUT2D eigenvalue weighted by molar-refractivity contribution is 7.86. The van der Waals surface area contributed by atoms with Crippen molar-refractivity contribution in [3.63, 3.8) is 0 Å². The molecule has 0 saturated carbocycles. The minimum absolute atomic E-state index is 0.137. The van der Waals surface area contributed by atoms with Crippen molar-refractivity contribution in [1.29, 1.82) is 0 Å².